The minimum absolute atomic E-state index is 0.163. The summed E-state index contributed by atoms with van der Waals surface area (Å²) in [5.41, 5.74) is 1.93. The third kappa shape index (κ3) is 5.99. The van der Waals surface area contributed by atoms with Crippen LogP contribution < -0.4 is 9.64 Å². The first-order chi connectivity index (χ1) is 16.0. The SMILES string of the molecule is CCOC(=O)c1nc(N(CCc2ccccc2)C(=O)c2ccc(OCC3CC3)cc2)sc1C. The normalized spacial score (nSPS) is 12.9. The molecule has 0 saturated heterocycles. The molecule has 0 spiro atoms. The third-order valence-corrected chi connectivity index (χ3v) is 6.47. The van der Waals surface area contributed by atoms with Crippen LogP contribution in [0.5, 0.6) is 5.75 Å². The fraction of sp³-hybridized carbons (Fsp3) is 0.346. The van der Waals surface area contributed by atoms with E-state index in [-0.39, 0.29) is 18.2 Å². The van der Waals surface area contributed by atoms with Crippen LogP contribution in [0.4, 0.5) is 5.13 Å². The molecular formula is C26H28N2O4S. The van der Waals surface area contributed by atoms with Gasteiger partial charge < -0.3 is 9.47 Å². The summed E-state index contributed by atoms with van der Waals surface area (Å²) in [6.45, 7) is 5.02. The monoisotopic (exact) mass is 464 g/mol. The van der Waals surface area contributed by atoms with Gasteiger partial charge in [-0.15, -0.1) is 11.3 Å². The number of anilines is 1. The zero-order chi connectivity index (χ0) is 23.2. The number of thiazole rings is 1. The first-order valence-corrected chi connectivity index (χ1v) is 12.1. The lowest BCUT2D eigenvalue weighted by atomic mass is 10.1. The quantitative estimate of drug-likeness (QED) is 0.381. The van der Waals surface area contributed by atoms with Gasteiger partial charge in [0, 0.05) is 17.0 Å². The van der Waals surface area contributed by atoms with Crippen molar-refractivity contribution in [1.29, 1.82) is 0 Å². The van der Waals surface area contributed by atoms with E-state index in [4.69, 9.17) is 9.47 Å². The van der Waals surface area contributed by atoms with E-state index in [1.165, 1.54) is 24.2 Å². The van der Waals surface area contributed by atoms with Gasteiger partial charge in [0.15, 0.2) is 10.8 Å². The molecule has 172 valence electrons. The molecule has 3 aromatic rings. The molecule has 1 aliphatic rings. The molecular weight excluding hydrogens is 436 g/mol. The minimum atomic E-state index is -0.467. The number of aromatic nitrogens is 1. The second-order valence-corrected chi connectivity index (χ2v) is 9.27. The van der Waals surface area contributed by atoms with Crippen LogP contribution in [0, 0.1) is 12.8 Å². The van der Waals surface area contributed by atoms with Crippen molar-refractivity contribution in [3.63, 3.8) is 0 Å². The van der Waals surface area contributed by atoms with Crippen LogP contribution in [0.15, 0.2) is 54.6 Å². The van der Waals surface area contributed by atoms with Crippen molar-refractivity contribution in [2.75, 3.05) is 24.7 Å². The van der Waals surface area contributed by atoms with Crippen LogP contribution in [0.25, 0.3) is 0 Å². The Bertz CT molecular complexity index is 1090. The molecule has 1 amide bonds. The highest BCUT2D eigenvalue weighted by Crippen LogP contribution is 2.30. The molecule has 0 radical (unpaired) electrons. The third-order valence-electron chi connectivity index (χ3n) is 5.48. The number of hydrogen-bond acceptors (Lipinski definition) is 6. The molecule has 7 heteroatoms. The first kappa shape index (κ1) is 23.0. The van der Waals surface area contributed by atoms with Crippen LogP contribution in [0.1, 0.15) is 51.1 Å². The summed E-state index contributed by atoms with van der Waals surface area (Å²) in [5.74, 6) is 0.805. The zero-order valence-electron chi connectivity index (χ0n) is 19.0. The molecule has 1 aromatic heterocycles. The van der Waals surface area contributed by atoms with Gasteiger partial charge in [0.25, 0.3) is 5.91 Å². The number of carbonyl (C=O) groups excluding carboxylic acids is 2. The maximum absolute atomic E-state index is 13.5. The number of aryl methyl sites for hydroxylation is 1. The van der Waals surface area contributed by atoms with Crippen molar-refractivity contribution in [1.82, 2.24) is 4.98 Å². The predicted octanol–water partition coefficient (Wildman–Crippen LogP) is 5.31. The fourth-order valence-electron chi connectivity index (χ4n) is 3.40. The number of amides is 1. The predicted molar refractivity (Wildman–Crippen MR) is 129 cm³/mol. The molecule has 1 fully saturated rings. The summed E-state index contributed by atoms with van der Waals surface area (Å²) >= 11 is 1.32. The molecule has 1 heterocycles. The van der Waals surface area contributed by atoms with Crippen molar-refractivity contribution < 1.29 is 19.1 Å². The van der Waals surface area contributed by atoms with Gasteiger partial charge in [-0.25, -0.2) is 9.78 Å². The highest BCUT2D eigenvalue weighted by atomic mass is 32.1. The van der Waals surface area contributed by atoms with E-state index in [1.54, 1.807) is 24.0 Å². The van der Waals surface area contributed by atoms with Gasteiger partial charge in [-0.05, 0) is 68.9 Å². The van der Waals surface area contributed by atoms with Crippen LogP contribution in [-0.4, -0.2) is 36.6 Å². The van der Waals surface area contributed by atoms with E-state index in [0.29, 0.717) is 29.6 Å². The highest BCUT2D eigenvalue weighted by molar-refractivity contribution is 7.16. The minimum Gasteiger partial charge on any atom is -0.493 e. The van der Waals surface area contributed by atoms with Gasteiger partial charge in [-0.2, -0.15) is 0 Å². The number of carbonyl (C=O) groups is 2. The lowest BCUT2D eigenvalue weighted by molar-refractivity contribution is 0.0519. The molecule has 6 nitrogen and oxygen atoms in total. The fourth-order valence-corrected chi connectivity index (χ4v) is 4.33. The van der Waals surface area contributed by atoms with E-state index in [1.807, 2.05) is 49.4 Å². The largest absolute Gasteiger partial charge is 0.493 e. The summed E-state index contributed by atoms with van der Waals surface area (Å²) in [5, 5.41) is 0.491. The van der Waals surface area contributed by atoms with Crippen molar-refractivity contribution in [2.45, 2.75) is 33.1 Å². The van der Waals surface area contributed by atoms with Gasteiger partial charge in [0.2, 0.25) is 0 Å². The number of nitrogens with zero attached hydrogens (tertiary/aromatic N) is 2. The Balaban J connectivity index is 1.55. The average Bonchev–Trinajstić information content (AvgIpc) is 3.59. The highest BCUT2D eigenvalue weighted by Gasteiger charge is 2.25. The lowest BCUT2D eigenvalue weighted by Crippen LogP contribution is -2.33. The van der Waals surface area contributed by atoms with Gasteiger partial charge >= 0.3 is 5.97 Å². The Morgan fingerprint density at radius 1 is 1.09 bits per heavy atom. The maximum Gasteiger partial charge on any atom is 0.358 e. The molecule has 2 aromatic carbocycles. The summed E-state index contributed by atoms with van der Waals surface area (Å²) in [6, 6.07) is 17.2. The Kier molecular flexibility index (Phi) is 7.40. The molecule has 0 unspecified atom stereocenters. The van der Waals surface area contributed by atoms with E-state index >= 15 is 0 Å². The van der Waals surface area contributed by atoms with E-state index in [0.717, 1.165) is 22.8 Å². The second-order valence-electron chi connectivity index (χ2n) is 8.09. The van der Waals surface area contributed by atoms with E-state index < -0.39 is 5.97 Å². The van der Waals surface area contributed by atoms with Crippen LogP contribution in [-0.2, 0) is 11.2 Å². The molecule has 0 N–H and O–H groups in total. The molecule has 1 aliphatic carbocycles. The topological polar surface area (TPSA) is 68.7 Å². The number of hydrogen-bond donors (Lipinski definition) is 0. The Morgan fingerprint density at radius 2 is 1.82 bits per heavy atom. The van der Waals surface area contributed by atoms with Gasteiger partial charge in [0.05, 0.1) is 13.2 Å². The standard InChI is InChI=1S/C26H28N2O4S/c1-3-31-25(30)23-18(2)33-26(27-23)28(16-15-19-7-5-4-6-8-19)24(29)21-11-13-22(14-12-21)32-17-20-9-10-20/h4-8,11-14,20H,3,9-10,15-17H2,1-2H3. The maximum atomic E-state index is 13.5. The van der Waals surface area contributed by atoms with E-state index in [9.17, 15) is 9.59 Å². The van der Waals surface area contributed by atoms with E-state index in [2.05, 4.69) is 4.98 Å². The van der Waals surface area contributed by atoms with Crippen LogP contribution >= 0.6 is 11.3 Å². The molecule has 4 rings (SSSR count). The number of esters is 1. The van der Waals surface area contributed by atoms with Crippen LogP contribution in [0.2, 0.25) is 0 Å². The number of ether oxygens (including phenoxy) is 2. The Morgan fingerprint density at radius 3 is 2.48 bits per heavy atom. The Hall–Kier alpha value is -3.19. The van der Waals surface area contributed by atoms with Gasteiger partial charge in [-0.3, -0.25) is 9.69 Å². The summed E-state index contributed by atoms with van der Waals surface area (Å²) in [4.78, 5) is 32.6. The number of rotatable bonds is 10. The Labute approximate surface area is 198 Å². The first-order valence-electron chi connectivity index (χ1n) is 11.3. The summed E-state index contributed by atoms with van der Waals surface area (Å²) in [6.07, 6.45) is 3.13. The lowest BCUT2D eigenvalue weighted by Gasteiger charge is -2.20. The molecule has 0 aliphatic heterocycles. The average molecular weight is 465 g/mol. The molecule has 1 saturated carbocycles. The van der Waals surface area contributed by atoms with Crippen molar-refractivity contribution in [2.24, 2.45) is 5.92 Å². The number of benzene rings is 2. The molecule has 0 atom stereocenters. The smallest absolute Gasteiger partial charge is 0.358 e. The molecule has 33 heavy (non-hydrogen) atoms. The van der Waals surface area contributed by atoms with Crippen LogP contribution in [0.3, 0.4) is 0 Å². The van der Waals surface area contributed by atoms with Gasteiger partial charge in [-0.1, -0.05) is 30.3 Å². The van der Waals surface area contributed by atoms with Crippen molar-refractivity contribution in [3.05, 3.63) is 76.3 Å². The van der Waals surface area contributed by atoms with Crippen molar-refractivity contribution in [3.8, 4) is 5.75 Å². The molecule has 0 bridgehead atoms. The zero-order valence-corrected chi connectivity index (χ0v) is 19.8. The van der Waals surface area contributed by atoms with Gasteiger partial charge in [0.1, 0.15) is 5.75 Å². The van der Waals surface area contributed by atoms with Crippen molar-refractivity contribution >= 4 is 28.3 Å². The summed E-state index contributed by atoms with van der Waals surface area (Å²) in [7, 11) is 0. The second kappa shape index (κ2) is 10.6. The summed E-state index contributed by atoms with van der Waals surface area (Å²) < 4.78 is 10.9.